The first-order valence-corrected chi connectivity index (χ1v) is 6.82. The Morgan fingerprint density at radius 2 is 2.24 bits per heavy atom. The number of benzene rings is 1. The van der Waals surface area contributed by atoms with Crippen LogP contribution in [-0.2, 0) is 0 Å². The van der Waals surface area contributed by atoms with Crippen molar-refractivity contribution in [1.82, 2.24) is 4.98 Å². The van der Waals surface area contributed by atoms with Gasteiger partial charge in [-0.2, -0.15) is 0 Å². The van der Waals surface area contributed by atoms with Crippen LogP contribution >= 0.6 is 27.7 Å². The van der Waals surface area contributed by atoms with Crippen molar-refractivity contribution >= 4 is 27.7 Å². The molecule has 1 atom stereocenters. The van der Waals surface area contributed by atoms with Gasteiger partial charge < -0.3 is 10.2 Å². The van der Waals surface area contributed by atoms with E-state index in [0.29, 0.717) is 5.22 Å². The van der Waals surface area contributed by atoms with Crippen LogP contribution in [0.2, 0.25) is 0 Å². The minimum absolute atomic E-state index is 0.0207. The average molecular weight is 313 g/mol. The fourth-order valence-electron chi connectivity index (χ4n) is 1.42. The number of nitrogens with two attached hydrogens (primary N) is 1. The topological polar surface area (TPSA) is 52.0 Å². The van der Waals surface area contributed by atoms with Crippen molar-refractivity contribution in [2.75, 3.05) is 0 Å². The number of hydrogen-bond donors (Lipinski definition) is 1. The van der Waals surface area contributed by atoms with Crippen molar-refractivity contribution in [3.8, 4) is 0 Å². The summed E-state index contributed by atoms with van der Waals surface area (Å²) < 4.78 is 6.31. The van der Waals surface area contributed by atoms with Gasteiger partial charge >= 0.3 is 0 Å². The van der Waals surface area contributed by atoms with Crippen LogP contribution in [0.15, 0.2) is 43.5 Å². The predicted octanol–water partition coefficient (Wildman–Crippen LogP) is 3.92. The highest BCUT2D eigenvalue weighted by molar-refractivity contribution is 9.10. The molecule has 0 saturated carbocycles. The zero-order valence-electron chi connectivity index (χ0n) is 9.61. The molecule has 1 unspecified atom stereocenters. The highest BCUT2D eigenvalue weighted by Gasteiger charge is 2.08. The average Bonchev–Trinajstić information content (AvgIpc) is 2.63. The van der Waals surface area contributed by atoms with Gasteiger partial charge in [0, 0.05) is 15.4 Å². The van der Waals surface area contributed by atoms with E-state index >= 15 is 0 Å². The first kappa shape index (κ1) is 12.7. The molecule has 3 nitrogen and oxygen atoms in total. The molecule has 2 N–H and O–H groups in total. The van der Waals surface area contributed by atoms with E-state index in [1.54, 1.807) is 6.26 Å². The molecule has 1 aromatic heterocycles. The monoisotopic (exact) mass is 312 g/mol. The maximum Gasteiger partial charge on any atom is 0.260 e. The molecule has 1 heterocycles. The Kier molecular flexibility index (Phi) is 3.91. The summed E-state index contributed by atoms with van der Waals surface area (Å²) in [6, 6.07) is 6.09. The largest absolute Gasteiger partial charge is 0.439 e. The second kappa shape index (κ2) is 5.25. The molecular weight excluding hydrogens is 300 g/mol. The third kappa shape index (κ3) is 3.12. The van der Waals surface area contributed by atoms with Gasteiger partial charge in [0.15, 0.2) is 0 Å². The molecule has 0 bridgehead atoms. The lowest BCUT2D eigenvalue weighted by molar-refractivity contribution is 0.454. The molecule has 1 aromatic carbocycles. The van der Waals surface area contributed by atoms with E-state index in [-0.39, 0.29) is 6.04 Å². The quantitative estimate of drug-likeness (QED) is 0.933. The van der Waals surface area contributed by atoms with Crippen LogP contribution in [0.25, 0.3) is 0 Å². The van der Waals surface area contributed by atoms with Gasteiger partial charge in [-0.1, -0.05) is 22.0 Å². The minimum atomic E-state index is 0.0207. The summed E-state index contributed by atoms with van der Waals surface area (Å²) >= 11 is 5.02. The molecule has 0 aliphatic carbocycles. The third-order valence-corrected chi connectivity index (χ3v) is 3.80. The van der Waals surface area contributed by atoms with Crippen molar-refractivity contribution in [2.24, 2.45) is 5.73 Å². The van der Waals surface area contributed by atoms with E-state index in [9.17, 15) is 0 Å². The number of nitrogens with zero attached hydrogens (tertiary/aromatic N) is 1. The second-order valence-electron chi connectivity index (χ2n) is 3.83. The van der Waals surface area contributed by atoms with Crippen molar-refractivity contribution in [1.29, 1.82) is 0 Å². The molecule has 2 rings (SSSR count). The maximum absolute atomic E-state index is 5.85. The number of rotatable bonds is 3. The Bertz CT molecular complexity index is 525. The number of oxazole rings is 1. The van der Waals surface area contributed by atoms with Crippen molar-refractivity contribution in [3.63, 3.8) is 0 Å². The molecule has 0 radical (unpaired) electrons. The lowest BCUT2D eigenvalue weighted by Crippen LogP contribution is -2.05. The fraction of sp³-hybridized carbons (Fsp3) is 0.250. The van der Waals surface area contributed by atoms with Crippen LogP contribution in [0.5, 0.6) is 0 Å². The zero-order valence-corrected chi connectivity index (χ0v) is 12.0. The van der Waals surface area contributed by atoms with E-state index < -0.39 is 0 Å². The summed E-state index contributed by atoms with van der Waals surface area (Å²) in [5.41, 5.74) is 7.84. The molecule has 0 aliphatic rings. The summed E-state index contributed by atoms with van der Waals surface area (Å²) in [4.78, 5) is 5.32. The molecule has 90 valence electrons. The Balaban J connectivity index is 2.20. The molecular formula is C12H13BrN2OS. The van der Waals surface area contributed by atoms with Gasteiger partial charge in [-0.15, -0.1) is 0 Å². The van der Waals surface area contributed by atoms with E-state index in [0.717, 1.165) is 20.6 Å². The molecule has 5 heteroatoms. The summed E-state index contributed by atoms with van der Waals surface area (Å²) in [6.45, 7) is 3.87. The lowest BCUT2D eigenvalue weighted by Gasteiger charge is -2.09. The van der Waals surface area contributed by atoms with E-state index in [1.807, 2.05) is 32.0 Å². The Morgan fingerprint density at radius 3 is 2.76 bits per heavy atom. The third-order valence-electron chi connectivity index (χ3n) is 2.27. The Hall–Kier alpha value is -0.780. The van der Waals surface area contributed by atoms with Gasteiger partial charge in [0.1, 0.15) is 6.26 Å². The van der Waals surface area contributed by atoms with Crippen LogP contribution in [0.1, 0.15) is 24.2 Å². The fourth-order valence-corrected chi connectivity index (χ4v) is 3.11. The number of aryl methyl sites for hydroxylation is 1. The van der Waals surface area contributed by atoms with Crippen LogP contribution in [0.3, 0.4) is 0 Å². The smallest absolute Gasteiger partial charge is 0.260 e. The highest BCUT2D eigenvalue weighted by atomic mass is 79.9. The van der Waals surface area contributed by atoms with E-state index in [4.69, 9.17) is 10.2 Å². The molecule has 2 aromatic rings. The maximum atomic E-state index is 5.85. The summed E-state index contributed by atoms with van der Waals surface area (Å²) in [7, 11) is 0. The molecule has 0 saturated heterocycles. The lowest BCUT2D eigenvalue weighted by atomic mass is 10.1. The Morgan fingerprint density at radius 1 is 1.47 bits per heavy atom. The summed E-state index contributed by atoms with van der Waals surface area (Å²) in [5, 5.41) is 0.656. The molecule has 0 fully saturated rings. The van der Waals surface area contributed by atoms with Gasteiger partial charge in [-0.25, -0.2) is 4.98 Å². The van der Waals surface area contributed by atoms with Crippen molar-refractivity contribution in [3.05, 3.63) is 40.2 Å². The number of aromatic nitrogens is 1. The molecule has 0 aliphatic heterocycles. The van der Waals surface area contributed by atoms with Crippen molar-refractivity contribution < 1.29 is 4.42 Å². The van der Waals surface area contributed by atoms with Crippen LogP contribution in [0.4, 0.5) is 0 Å². The van der Waals surface area contributed by atoms with Gasteiger partial charge in [-0.05, 0) is 43.3 Å². The van der Waals surface area contributed by atoms with Gasteiger partial charge in [0.05, 0.1) is 5.69 Å². The van der Waals surface area contributed by atoms with Crippen LogP contribution in [0, 0.1) is 6.92 Å². The van der Waals surface area contributed by atoms with Crippen LogP contribution < -0.4 is 5.73 Å². The van der Waals surface area contributed by atoms with E-state index in [1.165, 1.54) is 11.8 Å². The van der Waals surface area contributed by atoms with Crippen LogP contribution in [-0.4, -0.2) is 4.98 Å². The summed E-state index contributed by atoms with van der Waals surface area (Å²) in [6.07, 6.45) is 1.65. The first-order chi connectivity index (χ1) is 8.06. The van der Waals surface area contributed by atoms with Gasteiger partial charge in [0.2, 0.25) is 0 Å². The van der Waals surface area contributed by atoms with Gasteiger partial charge in [0.25, 0.3) is 5.22 Å². The first-order valence-electron chi connectivity index (χ1n) is 5.21. The highest BCUT2D eigenvalue weighted by Crippen LogP contribution is 2.31. The SMILES string of the molecule is Cc1coc(Sc2ccc(C(C)N)c(Br)c2)n1. The number of halogens is 1. The normalized spacial score (nSPS) is 12.7. The summed E-state index contributed by atoms with van der Waals surface area (Å²) in [5.74, 6) is 0. The van der Waals surface area contributed by atoms with Gasteiger partial charge in [-0.3, -0.25) is 0 Å². The number of hydrogen-bond acceptors (Lipinski definition) is 4. The Labute approximate surface area is 113 Å². The standard InChI is InChI=1S/C12H13BrN2OS/c1-7-6-16-12(15-7)17-9-3-4-10(8(2)14)11(13)5-9/h3-6,8H,14H2,1-2H3. The molecule has 0 amide bonds. The minimum Gasteiger partial charge on any atom is -0.439 e. The zero-order chi connectivity index (χ0) is 12.4. The van der Waals surface area contributed by atoms with E-state index in [2.05, 4.69) is 20.9 Å². The predicted molar refractivity (Wildman–Crippen MR) is 72.1 cm³/mol. The second-order valence-corrected chi connectivity index (χ2v) is 5.71. The van der Waals surface area contributed by atoms with Crippen molar-refractivity contribution in [2.45, 2.75) is 30.0 Å². The molecule has 17 heavy (non-hydrogen) atoms. The molecule has 0 spiro atoms.